The second-order valence-electron chi connectivity index (χ2n) is 2.97. The van der Waals surface area contributed by atoms with Gasteiger partial charge < -0.3 is 10.2 Å². The highest BCUT2D eigenvalue weighted by Gasteiger charge is 2.13. The normalized spacial score (nSPS) is 15.0. The molecule has 0 saturated carbocycles. The number of amides is 1. The third kappa shape index (κ3) is 2.05. The number of benzene rings is 1. The van der Waals surface area contributed by atoms with Crippen molar-refractivity contribution in [3.63, 3.8) is 0 Å². The van der Waals surface area contributed by atoms with Crippen LogP contribution in [0.2, 0.25) is 0 Å². The first kappa shape index (κ1) is 9.47. The number of anilines is 1. The zero-order chi connectivity index (χ0) is 10.7. The Balaban J connectivity index is 2.19. The summed E-state index contributed by atoms with van der Waals surface area (Å²) in [5.41, 5.74) is 7.14. The number of nitrogens with two attached hydrogens (primary N) is 1. The van der Waals surface area contributed by atoms with E-state index in [0.29, 0.717) is 5.71 Å². The summed E-state index contributed by atoms with van der Waals surface area (Å²) in [5.74, 6) is 5.23. The number of cyclic esters (lactones) is 1. The highest BCUT2D eigenvalue weighted by molar-refractivity contribution is 6.03. The number of nitrogen functional groups attached to an aromatic ring is 1. The van der Waals surface area contributed by atoms with Gasteiger partial charge in [-0.05, 0) is 12.1 Å². The molecule has 2 rings (SSSR count). The lowest BCUT2D eigenvalue weighted by atomic mass is 10.1. The zero-order valence-electron chi connectivity index (χ0n) is 7.86. The van der Waals surface area contributed by atoms with Crippen molar-refractivity contribution in [3.8, 4) is 0 Å². The van der Waals surface area contributed by atoms with E-state index in [-0.39, 0.29) is 6.61 Å². The Hall–Kier alpha value is -2.08. The van der Waals surface area contributed by atoms with E-state index in [1.165, 1.54) is 0 Å². The number of carbonyl (C=O) groups is 1. The van der Waals surface area contributed by atoms with Crippen LogP contribution in [0.5, 0.6) is 0 Å². The molecule has 0 fully saturated rings. The molecule has 0 spiro atoms. The molecular formula is C9H10N4O2. The number of hydrazine groups is 1. The molecule has 0 radical (unpaired) electrons. The highest BCUT2D eigenvalue weighted by atomic mass is 16.6. The number of ether oxygens (including phenoxy) is 1. The van der Waals surface area contributed by atoms with E-state index in [1.807, 2.05) is 24.3 Å². The number of rotatable bonds is 2. The standard InChI is InChI=1S/C9H10N4O2/c10-11-7-3-1-6(2-4-7)8-5-15-9(14)13-12-8/h1-4,11H,5,10H2,(H,13,14). The van der Waals surface area contributed by atoms with E-state index in [1.54, 1.807) is 0 Å². The summed E-state index contributed by atoms with van der Waals surface area (Å²) in [6.07, 6.45) is -0.529. The molecular weight excluding hydrogens is 196 g/mol. The third-order valence-corrected chi connectivity index (χ3v) is 2.01. The van der Waals surface area contributed by atoms with Gasteiger partial charge in [-0.3, -0.25) is 5.84 Å². The summed E-state index contributed by atoms with van der Waals surface area (Å²) in [4.78, 5) is 10.7. The minimum atomic E-state index is -0.529. The van der Waals surface area contributed by atoms with Gasteiger partial charge in [-0.25, -0.2) is 10.2 Å². The van der Waals surface area contributed by atoms with E-state index in [9.17, 15) is 4.79 Å². The fourth-order valence-corrected chi connectivity index (χ4v) is 1.22. The molecule has 15 heavy (non-hydrogen) atoms. The maximum Gasteiger partial charge on any atom is 0.428 e. The topological polar surface area (TPSA) is 88.7 Å². The Kier molecular flexibility index (Phi) is 2.51. The Morgan fingerprint density at radius 3 is 2.67 bits per heavy atom. The molecule has 0 atom stereocenters. The molecule has 0 bridgehead atoms. The summed E-state index contributed by atoms with van der Waals surface area (Å²) in [6.45, 7) is 0.182. The van der Waals surface area contributed by atoms with Gasteiger partial charge in [0.2, 0.25) is 0 Å². The highest BCUT2D eigenvalue weighted by Crippen LogP contribution is 2.10. The van der Waals surface area contributed by atoms with Crippen LogP contribution in [-0.2, 0) is 4.74 Å². The second kappa shape index (κ2) is 3.97. The minimum Gasteiger partial charge on any atom is -0.442 e. The molecule has 1 aliphatic rings. The van der Waals surface area contributed by atoms with Crippen molar-refractivity contribution in [2.45, 2.75) is 0 Å². The molecule has 1 aromatic rings. The van der Waals surface area contributed by atoms with Crippen LogP contribution in [0.3, 0.4) is 0 Å². The van der Waals surface area contributed by atoms with Gasteiger partial charge in [0.15, 0.2) is 0 Å². The van der Waals surface area contributed by atoms with Gasteiger partial charge in [0.1, 0.15) is 12.3 Å². The molecule has 1 heterocycles. The van der Waals surface area contributed by atoms with E-state index < -0.39 is 6.09 Å². The van der Waals surface area contributed by atoms with Gasteiger partial charge in [0.25, 0.3) is 0 Å². The van der Waals surface area contributed by atoms with E-state index in [4.69, 9.17) is 10.6 Å². The molecule has 1 aliphatic heterocycles. The quantitative estimate of drug-likeness (QED) is 0.483. The van der Waals surface area contributed by atoms with Crippen molar-refractivity contribution >= 4 is 17.5 Å². The van der Waals surface area contributed by atoms with Gasteiger partial charge in [-0.1, -0.05) is 12.1 Å². The zero-order valence-corrected chi connectivity index (χ0v) is 7.86. The van der Waals surface area contributed by atoms with Gasteiger partial charge >= 0.3 is 6.09 Å². The first-order valence-electron chi connectivity index (χ1n) is 4.36. The van der Waals surface area contributed by atoms with E-state index in [2.05, 4.69) is 16.0 Å². The SMILES string of the molecule is NNc1ccc(C2=NNC(=O)OC2)cc1. The molecule has 1 amide bonds. The van der Waals surface area contributed by atoms with Crippen molar-refractivity contribution in [1.82, 2.24) is 5.43 Å². The number of hydrazone groups is 1. The monoisotopic (exact) mass is 206 g/mol. The lowest BCUT2D eigenvalue weighted by Crippen LogP contribution is -2.30. The minimum absolute atomic E-state index is 0.182. The molecule has 0 saturated heterocycles. The summed E-state index contributed by atoms with van der Waals surface area (Å²) in [5, 5.41) is 3.88. The molecule has 78 valence electrons. The van der Waals surface area contributed by atoms with Crippen LogP contribution in [0, 0.1) is 0 Å². The lowest BCUT2D eigenvalue weighted by Gasteiger charge is -2.13. The van der Waals surface area contributed by atoms with Crippen LogP contribution >= 0.6 is 0 Å². The first-order valence-corrected chi connectivity index (χ1v) is 4.36. The van der Waals surface area contributed by atoms with Gasteiger partial charge in [-0.2, -0.15) is 5.10 Å². The molecule has 6 nitrogen and oxygen atoms in total. The molecule has 0 unspecified atom stereocenters. The predicted octanol–water partition coefficient (Wildman–Crippen LogP) is 0.416. The largest absolute Gasteiger partial charge is 0.442 e. The van der Waals surface area contributed by atoms with Crippen molar-refractivity contribution in [2.75, 3.05) is 12.0 Å². The van der Waals surface area contributed by atoms with Crippen LogP contribution in [0.4, 0.5) is 10.5 Å². The Morgan fingerprint density at radius 2 is 2.13 bits per heavy atom. The van der Waals surface area contributed by atoms with Crippen molar-refractivity contribution < 1.29 is 9.53 Å². The van der Waals surface area contributed by atoms with Crippen LogP contribution < -0.4 is 16.7 Å². The Labute approximate surface area is 86.1 Å². The summed E-state index contributed by atoms with van der Waals surface area (Å²) in [7, 11) is 0. The maximum atomic E-state index is 10.7. The Morgan fingerprint density at radius 1 is 1.40 bits per heavy atom. The van der Waals surface area contributed by atoms with Crippen LogP contribution in [0.1, 0.15) is 5.56 Å². The molecule has 4 N–H and O–H groups in total. The maximum absolute atomic E-state index is 10.7. The smallest absolute Gasteiger partial charge is 0.428 e. The van der Waals surface area contributed by atoms with Crippen LogP contribution in [0.15, 0.2) is 29.4 Å². The molecule has 6 heteroatoms. The average Bonchev–Trinajstić information content (AvgIpc) is 2.30. The third-order valence-electron chi connectivity index (χ3n) is 2.01. The molecule has 0 aromatic heterocycles. The van der Waals surface area contributed by atoms with Gasteiger partial charge in [-0.15, -0.1) is 0 Å². The number of nitrogens with zero attached hydrogens (tertiary/aromatic N) is 1. The summed E-state index contributed by atoms with van der Waals surface area (Å²) >= 11 is 0. The number of hydrogen-bond donors (Lipinski definition) is 3. The average molecular weight is 206 g/mol. The number of carbonyl (C=O) groups excluding carboxylic acids is 1. The first-order chi connectivity index (χ1) is 7.29. The van der Waals surface area contributed by atoms with Crippen molar-refractivity contribution in [1.29, 1.82) is 0 Å². The van der Waals surface area contributed by atoms with Crippen molar-refractivity contribution in [2.24, 2.45) is 10.9 Å². The van der Waals surface area contributed by atoms with Crippen LogP contribution in [0.25, 0.3) is 0 Å². The number of hydrogen-bond acceptors (Lipinski definition) is 5. The fourth-order valence-electron chi connectivity index (χ4n) is 1.22. The Bertz CT molecular complexity index is 399. The lowest BCUT2D eigenvalue weighted by molar-refractivity contribution is 0.157. The predicted molar refractivity (Wildman–Crippen MR) is 55.3 cm³/mol. The van der Waals surface area contributed by atoms with Crippen molar-refractivity contribution in [3.05, 3.63) is 29.8 Å². The molecule has 1 aromatic carbocycles. The summed E-state index contributed by atoms with van der Waals surface area (Å²) < 4.78 is 4.78. The van der Waals surface area contributed by atoms with Gasteiger partial charge in [0, 0.05) is 11.3 Å². The molecule has 0 aliphatic carbocycles. The van der Waals surface area contributed by atoms with Gasteiger partial charge in [0.05, 0.1) is 0 Å². The number of nitrogens with one attached hydrogen (secondary N) is 2. The second-order valence-corrected chi connectivity index (χ2v) is 2.97. The summed E-state index contributed by atoms with van der Waals surface area (Å²) in [6, 6.07) is 7.31. The van der Waals surface area contributed by atoms with E-state index in [0.717, 1.165) is 11.3 Å². The fraction of sp³-hybridized carbons (Fsp3) is 0.111. The van der Waals surface area contributed by atoms with Crippen LogP contribution in [-0.4, -0.2) is 18.4 Å². The van der Waals surface area contributed by atoms with E-state index >= 15 is 0 Å².